The quantitative estimate of drug-likeness (QED) is 0.721. The summed E-state index contributed by atoms with van der Waals surface area (Å²) < 4.78 is 17.0. The number of alkyl carbamates (subject to hydrolysis) is 1. The zero-order valence-corrected chi connectivity index (χ0v) is 16.4. The summed E-state index contributed by atoms with van der Waals surface area (Å²) in [5, 5.41) is 2.95. The van der Waals surface area contributed by atoms with Gasteiger partial charge in [0.05, 0.1) is 12.6 Å². The van der Waals surface area contributed by atoms with E-state index in [0.29, 0.717) is 12.4 Å². The van der Waals surface area contributed by atoms with Gasteiger partial charge in [0.1, 0.15) is 12.7 Å². The van der Waals surface area contributed by atoms with Crippen molar-refractivity contribution in [2.45, 2.75) is 43.3 Å². The van der Waals surface area contributed by atoms with E-state index >= 15 is 0 Å². The fraction of sp³-hybridized carbons (Fsp3) is 0.381. The molecule has 0 saturated carbocycles. The van der Waals surface area contributed by atoms with E-state index < -0.39 is 11.9 Å². The highest BCUT2D eigenvalue weighted by Crippen LogP contribution is 2.27. The number of carbonyl (C=O) groups is 1. The van der Waals surface area contributed by atoms with Gasteiger partial charge in [-0.15, -0.1) is 11.8 Å². The lowest BCUT2D eigenvalue weighted by atomic mass is 10.2. The van der Waals surface area contributed by atoms with Gasteiger partial charge in [-0.05, 0) is 31.5 Å². The molecule has 1 amide bonds. The van der Waals surface area contributed by atoms with Crippen LogP contribution in [-0.4, -0.2) is 36.4 Å². The number of rotatable bonds is 7. The number of ether oxygens (including phenoxy) is 3. The summed E-state index contributed by atoms with van der Waals surface area (Å²) >= 11 is 1.67. The van der Waals surface area contributed by atoms with E-state index in [-0.39, 0.29) is 18.8 Å². The van der Waals surface area contributed by atoms with Crippen molar-refractivity contribution >= 4 is 17.9 Å². The number of benzene rings is 2. The average molecular weight is 388 g/mol. The first-order valence-electron chi connectivity index (χ1n) is 8.99. The van der Waals surface area contributed by atoms with Gasteiger partial charge in [-0.2, -0.15) is 0 Å². The van der Waals surface area contributed by atoms with Gasteiger partial charge < -0.3 is 19.5 Å². The minimum atomic E-state index is -0.643. The molecule has 1 saturated heterocycles. The number of thioether (sulfide) groups is 1. The van der Waals surface area contributed by atoms with Gasteiger partial charge in [-0.1, -0.05) is 48.5 Å². The third-order valence-corrected chi connectivity index (χ3v) is 5.30. The maximum atomic E-state index is 12.3. The Balaban J connectivity index is 1.57. The summed E-state index contributed by atoms with van der Waals surface area (Å²) in [6.45, 7) is 4.43. The zero-order valence-electron chi connectivity index (χ0n) is 15.6. The molecule has 0 bridgehead atoms. The van der Waals surface area contributed by atoms with Crippen molar-refractivity contribution in [3.05, 3.63) is 66.2 Å². The maximum absolute atomic E-state index is 12.3. The van der Waals surface area contributed by atoms with Crippen LogP contribution in [0.1, 0.15) is 19.4 Å². The SMILES string of the molecule is CC1(C)OC[C@@H]([C@H](CSc2ccccc2)NC(=O)OCc2ccccc2)O1. The summed E-state index contributed by atoms with van der Waals surface area (Å²) in [7, 11) is 0. The van der Waals surface area contributed by atoms with Gasteiger partial charge in [0.15, 0.2) is 5.79 Å². The maximum Gasteiger partial charge on any atom is 0.407 e. The Morgan fingerprint density at radius 2 is 1.85 bits per heavy atom. The first kappa shape index (κ1) is 19.7. The first-order valence-corrected chi connectivity index (χ1v) is 9.97. The van der Waals surface area contributed by atoms with Crippen molar-refractivity contribution < 1.29 is 19.0 Å². The molecule has 0 spiro atoms. The van der Waals surface area contributed by atoms with Crippen molar-refractivity contribution in [3.63, 3.8) is 0 Å². The van der Waals surface area contributed by atoms with Gasteiger partial charge in [-0.25, -0.2) is 4.79 Å². The second kappa shape index (κ2) is 9.26. The summed E-state index contributed by atoms with van der Waals surface area (Å²) in [6.07, 6.45) is -0.675. The van der Waals surface area contributed by atoms with Crippen molar-refractivity contribution in [2.75, 3.05) is 12.4 Å². The largest absolute Gasteiger partial charge is 0.445 e. The lowest BCUT2D eigenvalue weighted by Crippen LogP contribution is -2.47. The molecule has 0 unspecified atom stereocenters. The zero-order chi connectivity index (χ0) is 19.1. The Labute approximate surface area is 164 Å². The normalized spacial score (nSPS) is 19.4. The Hall–Kier alpha value is -2.02. The fourth-order valence-electron chi connectivity index (χ4n) is 2.77. The number of amides is 1. The van der Waals surface area contributed by atoms with Gasteiger partial charge in [0, 0.05) is 10.6 Å². The number of hydrogen-bond acceptors (Lipinski definition) is 5. The molecule has 0 radical (unpaired) electrons. The van der Waals surface area contributed by atoms with E-state index in [1.165, 1.54) is 0 Å². The molecular weight excluding hydrogens is 362 g/mol. The molecule has 2 atom stereocenters. The van der Waals surface area contributed by atoms with E-state index in [9.17, 15) is 4.79 Å². The van der Waals surface area contributed by atoms with Crippen molar-refractivity contribution in [1.29, 1.82) is 0 Å². The Morgan fingerprint density at radius 1 is 1.19 bits per heavy atom. The van der Waals surface area contributed by atoms with Crippen LogP contribution >= 0.6 is 11.8 Å². The molecule has 1 N–H and O–H groups in total. The van der Waals surface area contributed by atoms with Crippen molar-refractivity contribution in [1.82, 2.24) is 5.32 Å². The van der Waals surface area contributed by atoms with Crippen LogP contribution in [0.5, 0.6) is 0 Å². The Bertz CT molecular complexity index is 723. The van der Waals surface area contributed by atoms with Gasteiger partial charge in [0.2, 0.25) is 0 Å². The standard InChI is InChI=1S/C21H25NO4S/c1-21(2)25-14-19(26-21)18(15-27-17-11-7-4-8-12-17)22-20(23)24-13-16-9-5-3-6-10-16/h3-12,18-19H,13-15H2,1-2H3,(H,22,23)/t18-,19-/m0/s1. The molecule has 6 heteroatoms. The molecule has 1 heterocycles. The van der Waals surface area contributed by atoms with Crippen LogP contribution in [-0.2, 0) is 20.8 Å². The topological polar surface area (TPSA) is 56.8 Å². The summed E-state index contributed by atoms with van der Waals surface area (Å²) in [6, 6.07) is 19.5. The van der Waals surface area contributed by atoms with Crippen LogP contribution in [0.2, 0.25) is 0 Å². The predicted octanol–water partition coefficient (Wildman–Crippen LogP) is 4.23. The molecule has 2 aromatic carbocycles. The third-order valence-electron chi connectivity index (χ3n) is 4.17. The lowest BCUT2D eigenvalue weighted by molar-refractivity contribution is -0.140. The first-order chi connectivity index (χ1) is 13.0. The second-order valence-corrected chi connectivity index (χ2v) is 7.90. The molecule has 1 aliphatic heterocycles. The Morgan fingerprint density at radius 3 is 2.48 bits per heavy atom. The summed E-state index contributed by atoms with van der Waals surface area (Å²) in [5.74, 6) is 0.0184. The van der Waals surface area contributed by atoms with Gasteiger partial charge in [-0.3, -0.25) is 0 Å². The van der Waals surface area contributed by atoms with E-state index in [1.54, 1.807) is 11.8 Å². The molecule has 0 aliphatic carbocycles. The molecule has 1 fully saturated rings. The Kier molecular flexibility index (Phi) is 6.77. The summed E-state index contributed by atoms with van der Waals surface area (Å²) in [5.41, 5.74) is 0.949. The van der Waals surface area contributed by atoms with Crippen LogP contribution in [0.25, 0.3) is 0 Å². The van der Waals surface area contributed by atoms with Crippen LogP contribution in [0.15, 0.2) is 65.6 Å². The fourth-order valence-corrected chi connectivity index (χ4v) is 3.79. The van der Waals surface area contributed by atoms with Crippen molar-refractivity contribution in [3.8, 4) is 0 Å². The molecule has 27 heavy (non-hydrogen) atoms. The molecule has 3 rings (SSSR count). The van der Waals surface area contributed by atoms with Gasteiger partial charge >= 0.3 is 6.09 Å². The second-order valence-electron chi connectivity index (χ2n) is 6.80. The summed E-state index contributed by atoms with van der Waals surface area (Å²) in [4.78, 5) is 13.5. The van der Waals surface area contributed by atoms with E-state index in [1.807, 2.05) is 74.5 Å². The van der Waals surface area contributed by atoms with Crippen LogP contribution < -0.4 is 5.32 Å². The van der Waals surface area contributed by atoms with E-state index in [4.69, 9.17) is 14.2 Å². The highest BCUT2D eigenvalue weighted by atomic mass is 32.2. The number of hydrogen-bond donors (Lipinski definition) is 1. The van der Waals surface area contributed by atoms with E-state index in [2.05, 4.69) is 5.32 Å². The molecule has 1 aliphatic rings. The van der Waals surface area contributed by atoms with Crippen LogP contribution in [0.3, 0.4) is 0 Å². The molecule has 2 aromatic rings. The molecule has 0 aromatic heterocycles. The van der Waals surface area contributed by atoms with E-state index in [0.717, 1.165) is 10.5 Å². The van der Waals surface area contributed by atoms with Crippen molar-refractivity contribution in [2.24, 2.45) is 0 Å². The molecular formula is C21H25NO4S. The highest BCUT2D eigenvalue weighted by molar-refractivity contribution is 7.99. The average Bonchev–Trinajstić information content (AvgIpc) is 3.05. The molecule has 144 valence electrons. The monoisotopic (exact) mass is 387 g/mol. The van der Waals surface area contributed by atoms with Crippen LogP contribution in [0, 0.1) is 0 Å². The smallest absolute Gasteiger partial charge is 0.407 e. The molecule has 5 nitrogen and oxygen atoms in total. The minimum Gasteiger partial charge on any atom is -0.445 e. The lowest BCUT2D eigenvalue weighted by Gasteiger charge is -2.24. The predicted molar refractivity (Wildman–Crippen MR) is 106 cm³/mol. The number of carbonyl (C=O) groups excluding carboxylic acids is 1. The highest BCUT2D eigenvalue weighted by Gasteiger charge is 2.38. The third kappa shape index (κ3) is 6.27. The number of nitrogens with one attached hydrogen (secondary N) is 1. The van der Waals surface area contributed by atoms with Crippen LogP contribution in [0.4, 0.5) is 4.79 Å². The van der Waals surface area contributed by atoms with Gasteiger partial charge in [0.25, 0.3) is 0 Å². The minimum absolute atomic E-state index is 0.222.